The van der Waals surface area contributed by atoms with Gasteiger partial charge in [0.1, 0.15) is 5.82 Å². The van der Waals surface area contributed by atoms with E-state index in [1.165, 1.54) is 24.3 Å². The Morgan fingerprint density at radius 3 is 2.62 bits per heavy atom. The van der Waals surface area contributed by atoms with Gasteiger partial charge in [0, 0.05) is 34.2 Å². The Hall–Kier alpha value is -1.31. The van der Waals surface area contributed by atoms with Gasteiger partial charge in [-0.25, -0.2) is 4.39 Å². The normalized spacial score (nSPS) is 10.6. The van der Waals surface area contributed by atoms with E-state index in [0.717, 1.165) is 15.6 Å². The molecule has 0 atom stereocenters. The fraction of sp³-hybridized carbons (Fsp3) is 0.143. The summed E-state index contributed by atoms with van der Waals surface area (Å²) in [5.74, 6) is -0.298. The van der Waals surface area contributed by atoms with E-state index in [9.17, 15) is 14.5 Å². The molecule has 0 heterocycles. The van der Waals surface area contributed by atoms with Crippen LogP contribution in [0.3, 0.4) is 0 Å². The second-order valence-electron chi connectivity index (χ2n) is 4.41. The summed E-state index contributed by atoms with van der Waals surface area (Å²) in [5.41, 5.74) is 1.61. The highest BCUT2D eigenvalue weighted by atomic mass is 79.9. The number of hydrogen-bond donors (Lipinski definition) is 1. The first-order chi connectivity index (χ1) is 9.95. The number of halogens is 3. The monoisotopic (exact) mass is 416 g/mol. The van der Waals surface area contributed by atoms with Crippen LogP contribution in [0.5, 0.6) is 0 Å². The molecule has 0 saturated heterocycles. The molecule has 0 bridgehead atoms. The molecule has 2 rings (SSSR count). The minimum atomic E-state index is -0.433. The van der Waals surface area contributed by atoms with E-state index < -0.39 is 4.92 Å². The van der Waals surface area contributed by atoms with Crippen molar-refractivity contribution in [2.75, 3.05) is 0 Å². The van der Waals surface area contributed by atoms with Gasteiger partial charge >= 0.3 is 0 Å². The minimum absolute atomic E-state index is 0.0353. The molecule has 0 aliphatic carbocycles. The molecule has 1 N–H and O–H groups in total. The third-order valence-electron chi connectivity index (χ3n) is 2.81. The molecule has 0 spiro atoms. The van der Waals surface area contributed by atoms with Gasteiger partial charge in [-0.2, -0.15) is 0 Å². The number of nitro benzene ring substituents is 1. The summed E-state index contributed by atoms with van der Waals surface area (Å²) < 4.78 is 14.6. The van der Waals surface area contributed by atoms with Crippen molar-refractivity contribution in [3.05, 3.63) is 72.4 Å². The van der Waals surface area contributed by atoms with Crippen LogP contribution < -0.4 is 5.32 Å². The Morgan fingerprint density at radius 2 is 1.90 bits per heavy atom. The van der Waals surface area contributed by atoms with E-state index in [0.29, 0.717) is 17.6 Å². The molecule has 0 unspecified atom stereocenters. The van der Waals surface area contributed by atoms with Gasteiger partial charge in [-0.15, -0.1) is 0 Å². The Kier molecular flexibility index (Phi) is 5.44. The van der Waals surface area contributed by atoms with Crippen LogP contribution in [0, 0.1) is 15.9 Å². The van der Waals surface area contributed by atoms with Crippen molar-refractivity contribution < 1.29 is 9.31 Å². The summed E-state index contributed by atoms with van der Waals surface area (Å²) in [7, 11) is 0. The topological polar surface area (TPSA) is 55.2 Å². The van der Waals surface area contributed by atoms with Gasteiger partial charge in [0.15, 0.2) is 0 Å². The average molecular weight is 418 g/mol. The summed E-state index contributed by atoms with van der Waals surface area (Å²) >= 11 is 6.61. The summed E-state index contributed by atoms with van der Waals surface area (Å²) in [4.78, 5) is 10.4. The number of nitrogens with zero attached hydrogens (tertiary/aromatic N) is 1. The summed E-state index contributed by atoms with van der Waals surface area (Å²) in [6.45, 7) is 0.905. The van der Waals surface area contributed by atoms with E-state index in [-0.39, 0.29) is 11.5 Å². The highest BCUT2D eigenvalue weighted by Crippen LogP contribution is 2.22. The quantitative estimate of drug-likeness (QED) is 0.573. The second kappa shape index (κ2) is 7.11. The lowest BCUT2D eigenvalue weighted by atomic mass is 10.2. The minimum Gasteiger partial charge on any atom is -0.309 e. The molecule has 0 saturated carbocycles. The van der Waals surface area contributed by atoms with E-state index in [4.69, 9.17) is 0 Å². The average Bonchev–Trinajstić information content (AvgIpc) is 2.42. The predicted molar refractivity (Wildman–Crippen MR) is 85.4 cm³/mol. The smallest absolute Gasteiger partial charge is 0.270 e. The molecule has 0 fully saturated rings. The molecule has 2 aromatic carbocycles. The van der Waals surface area contributed by atoms with Gasteiger partial charge < -0.3 is 5.32 Å². The molecular weight excluding hydrogens is 407 g/mol. The lowest BCUT2D eigenvalue weighted by molar-refractivity contribution is -0.385. The lowest BCUT2D eigenvalue weighted by Crippen LogP contribution is -2.13. The fourth-order valence-corrected chi connectivity index (χ4v) is 2.78. The van der Waals surface area contributed by atoms with Gasteiger partial charge in [0.2, 0.25) is 0 Å². The maximum absolute atomic E-state index is 13.2. The zero-order valence-corrected chi connectivity index (χ0v) is 13.9. The van der Waals surface area contributed by atoms with Gasteiger partial charge in [0.05, 0.1) is 4.92 Å². The van der Waals surface area contributed by atoms with Crippen LogP contribution >= 0.6 is 31.9 Å². The van der Waals surface area contributed by atoms with E-state index in [1.807, 2.05) is 0 Å². The van der Waals surface area contributed by atoms with E-state index in [2.05, 4.69) is 37.2 Å². The third kappa shape index (κ3) is 4.59. The number of nitro groups is 1. The zero-order valence-electron chi connectivity index (χ0n) is 10.8. The van der Waals surface area contributed by atoms with Crippen LogP contribution in [-0.4, -0.2) is 4.92 Å². The molecule has 0 aliphatic heterocycles. The summed E-state index contributed by atoms with van der Waals surface area (Å²) in [6.07, 6.45) is 0. The van der Waals surface area contributed by atoms with Crippen LogP contribution in [0.4, 0.5) is 10.1 Å². The first kappa shape index (κ1) is 16.1. The second-order valence-corrected chi connectivity index (χ2v) is 6.18. The molecule has 0 amide bonds. The summed E-state index contributed by atoms with van der Waals surface area (Å²) in [6, 6.07) is 9.24. The molecule has 0 aromatic heterocycles. The molecular formula is C14H11Br2FN2O2. The maximum Gasteiger partial charge on any atom is 0.270 e. The van der Waals surface area contributed by atoms with Crippen LogP contribution in [0.2, 0.25) is 0 Å². The first-order valence-electron chi connectivity index (χ1n) is 6.04. The highest BCUT2D eigenvalue weighted by molar-refractivity contribution is 9.10. The molecule has 2 aromatic rings. The van der Waals surface area contributed by atoms with Gasteiger partial charge in [-0.1, -0.05) is 31.9 Å². The Labute approximate surface area is 137 Å². The number of benzene rings is 2. The molecule has 0 aliphatic rings. The standard InChI is InChI=1S/C14H11Br2FN2O2/c15-11-3-9(4-13(6-11)19(20)21)7-18-8-10-5-12(17)1-2-14(10)16/h1-6,18H,7-8H2. The van der Waals surface area contributed by atoms with Crippen LogP contribution in [0.25, 0.3) is 0 Å². The fourth-order valence-electron chi connectivity index (χ4n) is 1.86. The zero-order chi connectivity index (χ0) is 15.4. The van der Waals surface area contributed by atoms with Gasteiger partial charge in [-0.05, 0) is 35.4 Å². The summed E-state index contributed by atoms with van der Waals surface area (Å²) in [5, 5.41) is 13.9. The van der Waals surface area contributed by atoms with Crippen molar-refractivity contribution in [2.45, 2.75) is 13.1 Å². The van der Waals surface area contributed by atoms with Crippen molar-refractivity contribution in [2.24, 2.45) is 0 Å². The van der Waals surface area contributed by atoms with E-state index in [1.54, 1.807) is 12.1 Å². The van der Waals surface area contributed by atoms with Crippen molar-refractivity contribution in [3.8, 4) is 0 Å². The van der Waals surface area contributed by atoms with Crippen molar-refractivity contribution >= 4 is 37.5 Å². The van der Waals surface area contributed by atoms with Crippen LogP contribution in [0.15, 0.2) is 45.3 Å². The number of nitrogens with one attached hydrogen (secondary N) is 1. The van der Waals surface area contributed by atoms with Crippen LogP contribution in [0.1, 0.15) is 11.1 Å². The van der Waals surface area contributed by atoms with Crippen molar-refractivity contribution in [1.29, 1.82) is 0 Å². The van der Waals surface area contributed by atoms with Gasteiger partial charge in [0.25, 0.3) is 5.69 Å². The number of non-ortho nitro benzene ring substituents is 1. The Morgan fingerprint density at radius 1 is 1.14 bits per heavy atom. The van der Waals surface area contributed by atoms with Gasteiger partial charge in [-0.3, -0.25) is 10.1 Å². The van der Waals surface area contributed by atoms with Crippen molar-refractivity contribution in [3.63, 3.8) is 0 Å². The number of rotatable bonds is 5. The molecule has 0 radical (unpaired) electrons. The Bertz CT molecular complexity index is 680. The lowest BCUT2D eigenvalue weighted by Gasteiger charge is -2.08. The number of hydrogen-bond acceptors (Lipinski definition) is 3. The molecule has 110 valence electrons. The van der Waals surface area contributed by atoms with Crippen molar-refractivity contribution in [1.82, 2.24) is 5.32 Å². The molecule has 4 nitrogen and oxygen atoms in total. The maximum atomic E-state index is 13.2. The SMILES string of the molecule is O=[N+]([O-])c1cc(Br)cc(CNCc2cc(F)ccc2Br)c1. The largest absolute Gasteiger partial charge is 0.309 e. The highest BCUT2D eigenvalue weighted by Gasteiger charge is 2.09. The molecule has 7 heteroatoms. The Balaban J connectivity index is 2.03. The van der Waals surface area contributed by atoms with E-state index >= 15 is 0 Å². The predicted octanol–water partition coefficient (Wildman–Crippen LogP) is 4.55. The third-order valence-corrected chi connectivity index (χ3v) is 4.04. The first-order valence-corrected chi connectivity index (χ1v) is 7.63. The molecule has 21 heavy (non-hydrogen) atoms. The van der Waals surface area contributed by atoms with Crippen LogP contribution in [-0.2, 0) is 13.1 Å².